The lowest BCUT2D eigenvalue weighted by atomic mass is 10.0. The van der Waals surface area contributed by atoms with Crippen LogP contribution in [0.5, 0.6) is 0 Å². The van der Waals surface area contributed by atoms with Gasteiger partial charge in [0.25, 0.3) is 5.91 Å². The first-order chi connectivity index (χ1) is 8.15. The first-order valence-electron chi connectivity index (χ1n) is 5.60. The molecule has 1 amide bonds. The zero-order valence-electron chi connectivity index (χ0n) is 9.08. The van der Waals surface area contributed by atoms with Crippen LogP contribution in [0.25, 0.3) is 0 Å². The van der Waals surface area contributed by atoms with Crippen molar-refractivity contribution in [1.82, 2.24) is 10.2 Å². The van der Waals surface area contributed by atoms with Gasteiger partial charge < -0.3 is 14.6 Å². The zero-order valence-corrected chi connectivity index (χ0v) is 12.3. The third kappa shape index (κ3) is 2.06. The van der Waals surface area contributed by atoms with E-state index in [1.807, 2.05) is 4.90 Å². The lowest BCUT2D eigenvalue weighted by Gasteiger charge is -2.15. The summed E-state index contributed by atoms with van der Waals surface area (Å²) in [4.78, 5) is 14.1. The van der Waals surface area contributed by atoms with Crippen LogP contribution >= 0.6 is 31.9 Å². The molecule has 3 rings (SSSR count). The fourth-order valence-corrected chi connectivity index (χ4v) is 3.21. The number of furan rings is 1. The Morgan fingerprint density at radius 1 is 1.35 bits per heavy atom. The van der Waals surface area contributed by atoms with Crippen molar-refractivity contribution in [2.24, 2.45) is 11.8 Å². The molecule has 92 valence electrons. The number of carbonyl (C=O) groups excluding carboxylic acids is 1. The van der Waals surface area contributed by atoms with Crippen LogP contribution < -0.4 is 5.32 Å². The Hall–Kier alpha value is -0.330. The Balaban J connectivity index is 1.75. The number of halogens is 2. The van der Waals surface area contributed by atoms with Gasteiger partial charge in [0, 0.05) is 32.2 Å². The van der Waals surface area contributed by atoms with E-state index >= 15 is 0 Å². The first kappa shape index (κ1) is 11.7. The highest BCUT2D eigenvalue weighted by Gasteiger charge is 2.39. The van der Waals surface area contributed by atoms with E-state index in [2.05, 4.69) is 37.2 Å². The van der Waals surface area contributed by atoms with Gasteiger partial charge in [-0.25, -0.2) is 0 Å². The minimum atomic E-state index is -0.00852. The van der Waals surface area contributed by atoms with Crippen molar-refractivity contribution in [3.8, 4) is 0 Å². The Morgan fingerprint density at radius 2 is 2.00 bits per heavy atom. The van der Waals surface area contributed by atoms with Gasteiger partial charge in [-0.2, -0.15) is 0 Å². The zero-order chi connectivity index (χ0) is 12.0. The summed E-state index contributed by atoms with van der Waals surface area (Å²) in [5.41, 5.74) is 0. The van der Waals surface area contributed by atoms with E-state index in [0.717, 1.165) is 30.7 Å². The van der Waals surface area contributed by atoms with Crippen molar-refractivity contribution in [2.75, 3.05) is 26.2 Å². The highest BCUT2D eigenvalue weighted by atomic mass is 79.9. The lowest BCUT2D eigenvalue weighted by Crippen LogP contribution is -2.31. The van der Waals surface area contributed by atoms with Gasteiger partial charge in [0.2, 0.25) is 0 Å². The second kappa shape index (κ2) is 4.40. The van der Waals surface area contributed by atoms with Crippen molar-refractivity contribution in [3.05, 3.63) is 21.0 Å². The molecule has 0 bridgehead atoms. The lowest BCUT2D eigenvalue weighted by molar-refractivity contribution is 0.0748. The van der Waals surface area contributed by atoms with Crippen molar-refractivity contribution >= 4 is 37.8 Å². The van der Waals surface area contributed by atoms with Crippen molar-refractivity contribution in [1.29, 1.82) is 0 Å². The molecule has 6 heteroatoms. The monoisotopic (exact) mass is 362 g/mol. The van der Waals surface area contributed by atoms with Crippen LogP contribution in [0.15, 0.2) is 19.6 Å². The average Bonchev–Trinajstić information content (AvgIpc) is 2.92. The summed E-state index contributed by atoms with van der Waals surface area (Å²) in [5.74, 6) is 1.61. The molecule has 0 aliphatic carbocycles. The van der Waals surface area contributed by atoms with Crippen molar-refractivity contribution < 1.29 is 9.21 Å². The molecule has 3 heterocycles. The van der Waals surface area contributed by atoms with Crippen LogP contribution in [0.1, 0.15) is 10.6 Å². The van der Waals surface area contributed by atoms with Gasteiger partial charge in [-0.3, -0.25) is 4.79 Å². The molecule has 2 saturated heterocycles. The summed E-state index contributed by atoms with van der Waals surface area (Å²) < 4.78 is 6.72. The third-order valence-corrected chi connectivity index (χ3v) is 5.24. The van der Waals surface area contributed by atoms with Gasteiger partial charge in [0.15, 0.2) is 10.4 Å². The summed E-state index contributed by atoms with van der Waals surface area (Å²) in [6.45, 7) is 3.73. The molecule has 0 radical (unpaired) electrons. The van der Waals surface area contributed by atoms with E-state index in [9.17, 15) is 4.79 Å². The molecule has 17 heavy (non-hydrogen) atoms. The smallest absolute Gasteiger partial charge is 0.289 e. The quantitative estimate of drug-likeness (QED) is 0.831. The number of hydrogen-bond donors (Lipinski definition) is 1. The standard InChI is InChI=1S/C11H12Br2N2O2/c12-8-1-9(17-10(8)13)11(16)15-4-6-2-14-3-7(6)5-15/h1,6-7,14H,2-5H2. The van der Waals surface area contributed by atoms with Gasteiger partial charge in [-0.15, -0.1) is 0 Å². The number of likely N-dealkylation sites (tertiary alicyclic amines) is 1. The summed E-state index contributed by atoms with van der Waals surface area (Å²) in [5, 5.41) is 3.36. The normalized spacial score (nSPS) is 27.5. The molecular weight excluding hydrogens is 352 g/mol. The first-order valence-corrected chi connectivity index (χ1v) is 7.18. The largest absolute Gasteiger partial charge is 0.443 e. The summed E-state index contributed by atoms with van der Waals surface area (Å²) in [6, 6.07) is 1.72. The average molecular weight is 364 g/mol. The highest BCUT2D eigenvalue weighted by Crippen LogP contribution is 2.31. The molecule has 1 aromatic rings. The predicted octanol–water partition coefficient (Wildman–Crippen LogP) is 2.10. The van der Waals surface area contributed by atoms with Crippen molar-refractivity contribution in [3.63, 3.8) is 0 Å². The Bertz CT molecular complexity index is 429. The van der Waals surface area contributed by atoms with Crippen LogP contribution in [0.4, 0.5) is 0 Å². The maximum Gasteiger partial charge on any atom is 0.289 e. The number of fused-ring (bicyclic) bond motifs is 1. The maximum absolute atomic E-state index is 12.2. The van der Waals surface area contributed by atoms with E-state index in [4.69, 9.17) is 4.42 Å². The van der Waals surface area contributed by atoms with Crippen LogP contribution in [0, 0.1) is 11.8 Å². The van der Waals surface area contributed by atoms with Gasteiger partial charge >= 0.3 is 0 Å². The molecule has 0 spiro atoms. The van der Waals surface area contributed by atoms with E-state index in [1.54, 1.807) is 6.07 Å². The Kier molecular flexibility index (Phi) is 3.04. The molecule has 2 unspecified atom stereocenters. The van der Waals surface area contributed by atoms with E-state index < -0.39 is 0 Å². The Morgan fingerprint density at radius 3 is 2.53 bits per heavy atom. The Labute approximate surface area is 116 Å². The van der Waals surface area contributed by atoms with Gasteiger partial charge in [0.1, 0.15) is 0 Å². The minimum Gasteiger partial charge on any atom is -0.443 e. The van der Waals surface area contributed by atoms with Crippen LogP contribution in [0.3, 0.4) is 0 Å². The summed E-state index contributed by atoms with van der Waals surface area (Å²) >= 11 is 6.57. The molecular formula is C11H12Br2N2O2. The van der Waals surface area contributed by atoms with Gasteiger partial charge in [-0.1, -0.05) is 0 Å². The van der Waals surface area contributed by atoms with E-state index in [1.165, 1.54) is 0 Å². The third-order valence-electron chi connectivity index (χ3n) is 3.53. The van der Waals surface area contributed by atoms with Gasteiger partial charge in [-0.05, 0) is 43.7 Å². The second-order valence-electron chi connectivity index (χ2n) is 4.62. The molecule has 4 nitrogen and oxygen atoms in total. The number of nitrogens with one attached hydrogen (secondary N) is 1. The highest BCUT2D eigenvalue weighted by molar-refractivity contribution is 9.13. The summed E-state index contributed by atoms with van der Waals surface area (Å²) in [7, 11) is 0. The predicted molar refractivity (Wildman–Crippen MR) is 69.9 cm³/mol. The molecule has 1 aromatic heterocycles. The van der Waals surface area contributed by atoms with Crippen LogP contribution in [0.2, 0.25) is 0 Å². The fraction of sp³-hybridized carbons (Fsp3) is 0.545. The molecule has 2 aliphatic rings. The molecule has 2 fully saturated rings. The van der Waals surface area contributed by atoms with Gasteiger partial charge in [0.05, 0.1) is 4.47 Å². The number of amides is 1. The van der Waals surface area contributed by atoms with E-state index in [-0.39, 0.29) is 5.91 Å². The van der Waals surface area contributed by atoms with Crippen molar-refractivity contribution in [2.45, 2.75) is 0 Å². The molecule has 2 atom stereocenters. The van der Waals surface area contributed by atoms with Crippen LogP contribution in [-0.4, -0.2) is 37.0 Å². The number of hydrogen-bond acceptors (Lipinski definition) is 3. The topological polar surface area (TPSA) is 45.5 Å². The second-order valence-corrected chi connectivity index (χ2v) is 6.20. The van der Waals surface area contributed by atoms with Crippen LogP contribution in [-0.2, 0) is 0 Å². The number of carbonyl (C=O) groups is 1. The summed E-state index contributed by atoms with van der Waals surface area (Å²) in [6.07, 6.45) is 0. The number of nitrogens with zero attached hydrogens (tertiary/aromatic N) is 1. The molecule has 0 saturated carbocycles. The number of rotatable bonds is 1. The fourth-order valence-electron chi connectivity index (χ4n) is 2.63. The maximum atomic E-state index is 12.2. The molecule has 1 N–H and O–H groups in total. The van der Waals surface area contributed by atoms with E-state index in [0.29, 0.717) is 22.3 Å². The molecule has 2 aliphatic heterocycles. The SMILES string of the molecule is O=C(c1cc(Br)c(Br)o1)N1CC2CNCC2C1. The minimum absolute atomic E-state index is 0.00852. The molecule has 0 aromatic carbocycles.